The summed E-state index contributed by atoms with van der Waals surface area (Å²) in [4.78, 5) is 0. The SMILES string of the molecule is CC(C)(C)S(=O)NC1(B2OC(C)(C)C(C)(C)O2)CCOCC1. The summed E-state index contributed by atoms with van der Waals surface area (Å²) >= 11 is 0. The number of rotatable bonds is 3. The van der Waals surface area contributed by atoms with Crippen molar-refractivity contribution in [2.45, 2.75) is 82.7 Å². The van der Waals surface area contributed by atoms with Gasteiger partial charge in [0.25, 0.3) is 0 Å². The average molecular weight is 331 g/mol. The van der Waals surface area contributed by atoms with Crippen molar-refractivity contribution in [2.75, 3.05) is 13.2 Å². The van der Waals surface area contributed by atoms with Gasteiger partial charge in [0.1, 0.15) is 0 Å². The van der Waals surface area contributed by atoms with Gasteiger partial charge in [-0.1, -0.05) is 0 Å². The lowest BCUT2D eigenvalue weighted by molar-refractivity contribution is 0.00578. The van der Waals surface area contributed by atoms with E-state index in [-0.39, 0.29) is 4.75 Å². The molecule has 1 N–H and O–H groups in total. The Labute approximate surface area is 137 Å². The predicted molar refractivity (Wildman–Crippen MR) is 89.9 cm³/mol. The van der Waals surface area contributed by atoms with Gasteiger partial charge < -0.3 is 14.0 Å². The maximum Gasteiger partial charge on any atom is 0.480 e. The first-order chi connectivity index (χ1) is 9.90. The summed E-state index contributed by atoms with van der Waals surface area (Å²) in [7, 11) is -1.61. The van der Waals surface area contributed by atoms with E-state index in [2.05, 4.69) is 4.72 Å². The van der Waals surface area contributed by atoms with Crippen LogP contribution in [-0.4, -0.2) is 45.9 Å². The zero-order valence-corrected chi connectivity index (χ0v) is 15.8. The molecule has 128 valence electrons. The van der Waals surface area contributed by atoms with Crippen LogP contribution in [0, 0.1) is 0 Å². The zero-order valence-electron chi connectivity index (χ0n) is 14.9. The van der Waals surface area contributed by atoms with Crippen LogP contribution in [0.15, 0.2) is 0 Å². The normalized spacial score (nSPS) is 28.6. The van der Waals surface area contributed by atoms with Crippen LogP contribution in [0.2, 0.25) is 0 Å². The molecule has 0 radical (unpaired) electrons. The summed E-state index contributed by atoms with van der Waals surface area (Å²) in [5.74, 6) is 0. The van der Waals surface area contributed by atoms with Gasteiger partial charge in [-0.3, -0.25) is 0 Å². The third kappa shape index (κ3) is 3.43. The van der Waals surface area contributed by atoms with Gasteiger partial charge in [-0.15, -0.1) is 0 Å². The molecule has 0 bridgehead atoms. The van der Waals surface area contributed by atoms with Crippen molar-refractivity contribution in [1.82, 2.24) is 4.72 Å². The molecule has 2 heterocycles. The van der Waals surface area contributed by atoms with Crippen molar-refractivity contribution >= 4 is 18.1 Å². The van der Waals surface area contributed by atoms with Crippen molar-refractivity contribution in [1.29, 1.82) is 0 Å². The summed E-state index contributed by atoms with van der Waals surface area (Å²) in [6, 6.07) is 0. The first kappa shape index (κ1) is 18.4. The highest BCUT2D eigenvalue weighted by Gasteiger charge is 2.60. The third-order valence-corrected chi connectivity index (χ3v) is 6.65. The molecule has 0 spiro atoms. The minimum absolute atomic E-state index is 0.338. The number of hydrogen-bond donors (Lipinski definition) is 1. The van der Waals surface area contributed by atoms with Crippen molar-refractivity contribution < 1.29 is 18.3 Å². The fourth-order valence-electron chi connectivity index (χ4n) is 2.53. The minimum atomic E-state index is -1.19. The van der Waals surface area contributed by atoms with Gasteiger partial charge in [0, 0.05) is 13.2 Å². The van der Waals surface area contributed by atoms with Crippen LogP contribution < -0.4 is 4.72 Å². The fraction of sp³-hybridized carbons (Fsp3) is 1.00. The molecule has 0 aromatic heterocycles. The fourth-order valence-corrected chi connectivity index (χ4v) is 3.50. The molecular formula is C15H30BNO4S. The lowest BCUT2D eigenvalue weighted by atomic mass is 9.60. The Hall–Kier alpha value is 0.0549. The van der Waals surface area contributed by atoms with Crippen LogP contribution in [0.1, 0.15) is 61.3 Å². The van der Waals surface area contributed by atoms with Crippen molar-refractivity contribution in [3.63, 3.8) is 0 Å². The molecular weight excluding hydrogens is 301 g/mol. The van der Waals surface area contributed by atoms with E-state index < -0.39 is 34.7 Å². The predicted octanol–water partition coefficient (Wildman–Crippen LogP) is 2.22. The van der Waals surface area contributed by atoms with Gasteiger partial charge in [0.2, 0.25) is 0 Å². The Bertz CT molecular complexity index is 425. The van der Waals surface area contributed by atoms with Crippen molar-refractivity contribution in [3.8, 4) is 0 Å². The Morgan fingerprint density at radius 2 is 1.45 bits per heavy atom. The van der Waals surface area contributed by atoms with Gasteiger partial charge >= 0.3 is 7.12 Å². The van der Waals surface area contributed by atoms with Crippen LogP contribution in [0.5, 0.6) is 0 Å². The van der Waals surface area contributed by atoms with Crippen LogP contribution in [0.25, 0.3) is 0 Å². The van der Waals surface area contributed by atoms with E-state index in [9.17, 15) is 4.21 Å². The lowest BCUT2D eigenvalue weighted by Gasteiger charge is -2.40. The van der Waals surface area contributed by atoms with Gasteiger partial charge in [-0.2, -0.15) is 0 Å². The molecule has 0 aliphatic carbocycles. The van der Waals surface area contributed by atoms with E-state index in [1.165, 1.54) is 0 Å². The van der Waals surface area contributed by atoms with E-state index >= 15 is 0 Å². The molecule has 2 fully saturated rings. The Balaban J connectivity index is 2.26. The van der Waals surface area contributed by atoms with E-state index in [1.807, 2.05) is 48.5 Å². The highest BCUT2D eigenvalue weighted by atomic mass is 32.2. The largest absolute Gasteiger partial charge is 0.480 e. The number of nitrogens with one attached hydrogen (secondary N) is 1. The topological polar surface area (TPSA) is 56.8 Å². The molecule has 2 aliphatic rings. The highest BCUT2D eigenvalue weighted by Crippen LogP contribution is 2.42. The van der Waals surface area contributed by atoms with Crippen molar-refractivity contribution in [2.24, 2.45) is 0 Å². The lowest BCUT2D eigenvalue weighted by Crippen LogP contribution is -2.63. The number of hydrogen-bond acceptors (Lipinski definition) is 4. The second-order valence-corrected chi connectivity index (χ2v) is 10.3. The molecule has 2 aliphatic heterocycles. The maximum atomic E-state index is 12.7. The van der Waals surface area contributed by atoms with Crippen LogP contribution >= 0.6 is 0 Å². The van der Waals surface area contributed by atoms with Gasteiger partial charge in [-0.25, -0.2) is 8.93 Å². The molecule has 1 atom stereocenters. The highest BCUT2D eigenvalue weighted by molar-refractivity contribution is 7.84. The second-order valence-electron chi connectivity index (χ2n) is 8.34. The van der Waals surface area contributed by atoms with Crippen LogP contribution in [0.4, 0.5) is 0 Å². The molecule has 0 saturated carbocycles. The monoisotopic (exact) mass is 331 g/mol. The molecule has 1 unspecified atom stereocenters. The minimum Gasteiger partial charge on any atom is -0.402 e. The van der Waals surface area contributed by atoms with Crippen molar-refractivity contribution in [3.05, 3.63) is 0 Å². The summed E-state index contributed by atoms with van der Waals surface area (Å²) in [6.45, 7) is 15.3. The number of ether oxygens (including phenoxy) is 1. The average Bonchev–Trinajstić information content (AvgIpc) is 2.59. The summed E-state index contributed by atoms with van der Waals surface area (Å²) in [5.41, 5.74) is -1.26. The van der Waals surface area contributed by atoms with Gasteiger partial charge in [0.05, 0.1) is 32.4 Å². The van der Waals surface area contributed by atoms with Gasteiger partial charge in [0.15, 0.2) is 0 Å². The summed E-state index contributed by atoms with van der Waals surface area (Å²) < 4.78 is 33.7. The Morgan fingerprint density at radius 3 is 1.86 bits per heavy atom. The molecule has 7 heteroatoms. The third-order valence-electron chi connectivity index (χ3n) is 4.94. The van der Waals surface area contributed by atoms with Crippen LogP contribution in [0.3, 0.4) is 0 Å². The van der Waals surface area contributed by atoms with E-state index in [4.69, 9.17) is 14.0 Å². The second kappa shape index (κ2) is 5.85. The summed E-state index contributed by atoms with van der Waals surface area (Å²) in [6.07, 6.45) is 1.46. The molecule has 22 heavy (non-hydrogen) atoms. The Kier molecular flexibility index (Phi) is 4.89. The smallest absolute Gasteiger partial charge is 0.402 e. The standard InChI is InChI=1S/C15H30BNO4S/c1-12(2,3)22(18)17-15(8-10-19-11-9-15)16-20-13(4,5)14(6,7)21-16/h17H,8-11H2,1-7H3. The maximum absolute atomic E-state index is 12.7. The molecule has 2 saturated heterocycles. The van der Waals surface area contributed by atoms with E-state index in [1.54, 1.807) is 0 Å². The van der Waals surface area contributed by atoms with E-state index in [0.717, 1.165) is 12.8 Å². The summed E-state index contributed by atoms with van der Waals surface area (Å²) in [5, 5.41) is 0. The molecule has 0 aromatic carbocycles. The van der Waals surface area contributed by atoms with E-state index in [0.29, 0.717) is 13.2 Å². The zero-order chi connectivity index (χ0) is 16.8. The Morgan fingerprint density at radius 1 is 1.00 bits per heavy atom. The molecule has 0 aromatic rings. The van der Waals surface area contributed by atoms with Gasteiger partial charge in [-0.05, 0) is 61.3 Å². The molecule has 2 rings (SSSR count). The quantitative estimate of drug-likeness (QED) is 0.806. The molecule has 5 nitrogen and oxygen atoms in total. The van der Waals surface area contributed by atoms with Crippen LogP contribution in [-0.2, 0) is 25.0 Å². The first-order valence-electron chi connectivity index (χ1n) is 8.03. The first-order valence-corrected chi connectivity index (χ1v) is 9.18. The molecule has 0 amide bonds.